The molecule has 0 saturated carbocycles. The lowest BCUT2D eigenvalue weighted by molar-refractivity contribution is 0.590. The summed E-state index contributed by atoms with van der Waals surface area (Å²) in [5.74, 6) is -0.934. The van der Waals surface area contributed by atoms with Crippen LogP contribution >= 0.6 is 0 Å². The molecular formula is C91H81BN6. The van der Waals surface area contributed by atoms with Crippen molar-refractivity contribution in [2.45, 2.75) is 105 Å². The Labute approximate surface area is 599 Å². The van der Waals surface area contributed by atoms with Gasteiger partial charge in [0.2, 0.25) is 0 Å². The molecule has 0 N–H and O–H groups in total. The maximum Gasteiger partial charge on any atom is 0.252 e. The van der Waals surface area contributed by atoms with Crippen molar-refractivity contribution in [3.63, 3.8) is 0 Å². The first-order chi connectivity index (χ1) is 53.3. The molecule has 478 valence electrons. The minimum absolute atomic E-state index is 0.0423. The maximum atomic E-state index is 9.50. The standard InChI is InChI=1S/C91H81BN6/c1-88(2,3)65-40-47-77-71(52-65)72-53-66(89(4,5)6)41-48-78(72)96(77)69-43-45-75-81(57-69)98(79-49-42-67(90(7,8)9)54-73(79)87-94-85(61-34-24-16-25-35-61)93-86(95-87)62-36-26-17-27-37-62)83-56-68(91(10,11)12)55-82-84(83)92(75)74-44-38-64(59-30-20-14-21-31-59)51-80(74)97(82)76-46-39-63(58-28-18-13-19-29-58)50-70(76)60-32-22-15-23-33-60/h13-57H,1-12H3/i14D,16D,17D,20D,21D,24D,25D,26D,27D,30D,31D,34D,35D,36D,37D. The van der Waals surface area contributed by atoms with E-state index in [1.54, 1.807) is 0 Å². The van der Waals surface area contributed by atoms with Crippen molar-refractivity contribution in [1.82, 2.24) is 19.5 Å². The van der Waals surface area contributed by atoms with Crippen LogP contribution in [0, 0.1) is 0 Å². The Kier molecular flexibility index (Phi) is 11.3. The fourth-order valence-corrected chi connectivity index (χ4v) is 14.1. The Morgan fingerprint density at radius 3 is 1.27 bits per heavy atom. The molecule has 0 bridgehead atoms. The summed E-state index contributed by atoms with van der Waals surface area (Å²) in [5, 5.41) is 2.14. The smallest absolute Gasteiger partial charge is 0.252 e. The zero-order valence-electron chi connectivity index (χ0n) is 72.1. The van der Waals surface area contributed by atoms with Crippen LogP contribution < -0.4 is 26.2 Å². The minimum atomic E-state index is -0.669. The number of anilines is 6. The lowest BCUT2D eigenvalue weighted by Gasteiger charge is -2.46. The summed E-state index contributed by atoms with van der Waals surface area (Å²) >= 11 is 0. The van der Waals surface area contributed by atoms with E-state index in [-0.39, 0.29) is 34.3 Å². The van der Waals surface area contributed by atoms with E-state index in [9.17, 15) is 8.22 Å². The van der Waals surface area contributed by atoms with E-state index >= 15 is 0 Å². The Morgan fingerprint density at radius 2 is 0.735 bits per heavy atom. The molecule has 12 aromatic carbocycles. The normalized spacial score (nSPS) is 15.2. The lowest BCUT2D eigenvalue weighted by atomic mass is 9.33. The quantitative estimate of drug-likeness (QED) is 0.135. The molecule has 2 aliphatic heterocycles. The molecule has 2 aromatic heterocycles. The van der Waals surface area contributed by atoms with Gasteiger partial charge in [-0.3, -0.25) is 0 Å². The van der Waals surface area contributed by atoms with Gasteiger partial charge in [0.05, 0.1) is 43.0 Å². The zero-order valence-corrected chi connectivity index (χ0v) is 57.1. The van der Waals surface area contributed by atoms with Crippen LogP contribution in [0.2, 0.25) is 0 Å². The highest BCUT2D eigenvalue weighted by Crippen LogP contribution is 2.52. The van der Waals surface area contributed by atoms with Gasteiger partial charge in [0, 0.05) is 61.5 Å². The molecule has 0 radical (unpaired) electrons. The predicted octanol–water partition coefficient (Wildman–Crippen LogP) is 22.2. The molecule has 0 atom stereocenters. The number of aromatic nitrogens is 4. The third kappa shape index (κ3) is 10.9. The monoisotopic (exact) mass is 1280 g/mol. The summed E-state index contributed by atoms with van der Waals surface area (Å²) in [6.45, 7) is 25.4. The van der Waals surface area contributed by atoms with Crippen LogP contribution in [-0.2, 0) is 21.7 Å². The minimum Gasteiger partial charge on any atom is -0.311 e. The molecule has 4 heterocycles. The van der Waals surface area contributed by atoms with Crippen molar-refractivity contribution in [1.29, 1.82) is 0 Å². The molecule has 2 aliphatic rings. The lowest BCUT2D eigenvalue weighted by Crippen LogP contribution is -2.61. The van der Waals surface area contributed by atoms with Crippen LogP contribution in [0.5, 0.6) is 0 Å². The second kappa shape index (κ2) is 23.4. The number of fused-ring (bicyclic) bond motifs is 7. The summed E-state index contributed by atoms with van der Waals surface area (Å²) in [5.41, 5.74) is 15.5. The molecule has 0 fully saturated rings. The number of rotatable bonds is 9. The highest BCUT2D eigenvalue weighted by atomic mass is 15.2. The topological polar surface area (TPSA) is 50.1 Å². The summed E-state index contributed by atoms with van der Waals surface area (Å²) in [6, 6.07) is 54.5. The third-order valence-corrected chi connectivity index (χ3v) is 19.3. The van der Waals surface area contributed by atoms with Crippen LogP contribution in [0.1, 0.15) is 126 Å². The Hall–Kier alpha value is -10.9. The average molecular weight is 1280 g/mol. The van der Waals surface area contributed by atoms with Crippen molar-refractivity contribution >= 4 is 79.0 Å². The molecule has 0 aliphatic carbocycles. The second-order valence-electron chi connectivity index (χ2n) is 29.9. The van der Waals surface area contributed by atoms with Crippen molar-refractivity contribution in [2.24, 2.45) is 0 Å². The molecule has 7 heteroatoms. The van der Waals surface area contributed by atoms with Gasteiger partial charge >= 0.3 is 0 Å². The summed E-state index contributed by atoms with van der Waals surface area (Å²) in [6.07, 6.45) is 0. The molecule has 6 nitrogen and oxygen atoms in total. The van der Waals surface area contributed by atoms with Gasteiger partial charge in [-0.2, -0.15) is 0 Å². The molecule has 98 heavy (non-hydrogen) atoms. The van der Waals surface area contributed by atoms with Gasteiger partial charge in [0.25, 0.3) is 6.71 Å². The number of hydrogen-bond acceptors (Lipinski definition) is 5. The van der Waals surface area contributed by atoms with Gasteiger partial charge in [-0.15, -0.1) is 0 Å². The third-order valence-electron chi connectivity index (χ3n) is 19.3. The van der Waals surface area contributed by atoms with Crippen molar-refractivity contribution in [3.05, 3.63) is 295 Å². The fourth-order valence-electron chi connectivity index (χ4n) is 14.1. The van der Waals surface area contributed by atoms with Crippen LogP contribution in [0.15, 0.2) is 273 Å². The van der Waals surface area contributed by atoms with Gasteiger partial charge in [0.15, 0.2) is 17.5 Å². The molecule has 16 rings (SSSR count). The van der Waals surface area contributed by atoms with E-state index in [2.05, 4.69) is 213 Å². The van der Waals surface area contributed by atoms with Gasteiger partial charge in [-0.05, 0) is 167 Å². The highest BCUT2D eigenvalue weighted by Gasteiger charge is 2.46. The predicted molar refractivity (Wildman–Crippen MR) is 416 cm³/mol. The maximum absolute atomic E-state index is 9.50. The van der Waals surface area contributed by atoms with E-state index in [1.165, 1.54) is 11.1 Å². The van der Waals surface area contributed by atoms with Crippen molar-refractivity contribution < 1.29 is 20.6 Å². The zero-order chi connectivity index (χ0) is 80.6. The molecule has 0 saturated heterocycles. The SMILES string of the molecule is [2H]c1c([2H])c([2H])c(-c2ccc3c(c2)N(c2ccc(-c4ccccc4)cc2-c2ccccc2)c2cc(C(C)(C)C)cc4c2B3c2ccc(-n3c5ccc(C(C)(C)C)cc5c5cc(C(C)(C)C)ccc53)cc2N4c2ccc(C(C)(C)C)cc2-c2nc(-c3c([2H])c([2H])c([2H])c([2H])c3[2H])nc(-c3c([2H])c([2H])c([2H])c([2H])c3[2H])n2)c([2H])c1[2H]. The summed E-state index contributed by atoms with van der Waals surface area (Å²) < 4.78 is 139. The van der Waals surface area contributed by atoms with E-state index in [1.807, 2.05) is 66.7 Å². The van der Waals surface area contributed by atoms with Gasteiger partial charge in [-0.25, -0.2) is 15.0 Å². The molecule has 14 aromatic rings. The number of benzene rings is 12. The largest absolute Gasteiger partial charge is 0.311 e. The van der Waals surface area contributed by atoms with Crippen LogP contribution in [0.3, 0.4) is 0 Å². The fraction of sp³-hybridized carbons (Fsp3) is 0.176. The van der Waals surface area contributed by atoms with Crippen LogP contribution in [0.4, 0.5) is 34.1 Å². The number of hydrogen-bond donors (Lipinski definition) is 0. The van der Waals surface area contributed by atoms with Crippen molar-refractivity contribution in [2.75, 3.05) is 9.80 Å². The van der Waals surface area contributed by atoms with Gasteiger partial charge in [-0.1, -0.05) is 277 Å². The Morgan fingerprint density at radius 1 is 0.306 bits per heavy atom. The second-order valence-corrected chi connectivity index (χ2v) is 29.9. The van der Waals surface area contributed by atoms with E-state index in [4.69, 9.17) is 27.3 Å². The van der Waals surface area contributed by atoms with Crippen LogP contribution in [0.25, 0.3) is 95.0 Å². The van der Waals surface area contributed by atoms with Gasteiger partial charge < -0.3 is 14.4 Å². The first kappa shape index (κ1) is 47.1. The molecular weight excluding hydrogens is 1190 g/mol. The van der Waals surface area contributed by atoms with E-state index in [0.29, 0.717) is 28.2 Å². The summed E-state index contributed by atoms with van der Waals surface area (Å²) in [4.78, 5) is 19.7. The summed E-state index contributed by atoms with van der Waals surface area (Å²) in [7, 11) is 0. The van der Waals surface area contributed by atoms with Gasteiger partial charge in [0.1, 0.15) is 0 Å². The van der Waals surface area contributed by atoms with E-state index in [0.717, 1.165) is 94.3 Å². The van der Waals surface area contributed by atoms with Crippen LogP contribution in [-0.4, -0.2) is 26.2 Å². The Balaban J connectivity index is 1.08. The molecule has 0 amide bonds. The first-order valence-corrected chi connectivity index (χ1v) is 33.4. The molecule has 0 spiro atoms. The van der Waals surface area contributed by atoms with Crippen molar-refractivity contribution in [3.8, 4) is 73.2 Å². The first-order valence-electron chi connectivity index (χ1n) is 40.9. The number of nitrogens with zero attached hydrogens (tertiary/aromatic N) is 6. The average Bonchev–Trinajstić information content (AvgIpc) is 0.717. The molecule has 0 unspecified atom stereocenters. The highest BCUT2D eigenvalue weighted by molar-refractivity contribution is 7.00. The Bertz CT molecular complexity index is 6150. The van der Waals surface area contributed by atoms with E-state index < -0.39 is 119 Å².